The monoisotopic (exact) mass is 569 g/mol. The van der Waals surface area contributed by atoms with E-state index < -0.39 is 0 Å². The van der Waals surface area contributed by atoms with Crippen LogP contribution in [0.2, 0.25) is 5.02 Å². The lowest BCUT2D eigenvalue weighted by Crippen LogP contribution is -2.48. The van der Waals surface area contributed by atoms with Gasteiger partial charge in [-0.25, -0.2) is 0 Å². The van der Waals surface area contributed by atoms with Gasteiger partial charge in [-0.15, -0.1) is 0 Å². The van der Waals surface area contributed by atoms with Crippen LogP contribution in [0.15, 0.2) is 42.6 Å². The fourth-order valence-corrected chi connectivity index (χ4v) is 6.08. The zero-order chi connectivity index (χ0) is 28.7. The number of hydrogen-bond acceptors (Lipinski definition) is 2. The summed E-state index contributed by atoms with van der Waals surface area (Å²) >= 11 is 6.46. The topological polar surface area (TPSA) is 45.6 Å². The van der Waals surface area contributed by atoms with Gasteiger partial charge >= 0.3 is 0 Å². The lowest BCUT2D eigenvalue weighted by Gasteiger charge is -2.36. The van der Waals surface area contributed by atoms with E-state index in [1.807, 2.05) is 29.2 Å². The van der Waals surface area contributed by atoms with E-state index in [4.69, 9.17) is 11.6 Å². The zero-order valence-electron chi connectivity index (χ0n) is 25.3. The van der Waals surface area contributed by atoms with Crippen molar-refractivity contribution in [3.8, 4) is 0 Å². The molecular formula is C34H52ClN3O2. The summed E-state index contributed by atoms with van der Waals surface area (Å²) < 4.78 is 2.20. The Morgan fingerprint density at radius 2 is 1.62 bits per heavy atom. The molecule has 0 atom stereocenters. The number of carbonyl (C=O) groups excluding carboxylic acids is 2. The van der Waals surface area contributed by atoms with E-state index in [-0.39, 0.29) is 24.4 Å². The molecule has 6 heteroatoms. The first kappa shape index (κ1) is 32.2. The Morgan fingerprint density at radius 3 is 2.33 bits per heavy atom. The van der Waals surface area contributed by atoms with E-state index in [9.17, 15) is 9.59 Å². The van der Waals surface area contributed by atoms with Crippen molar-refractivity contribution in [3.05, 3.63) is 58.9 Å². The quantitative estimate of drug-likeness (QED) is 0.179. The Balaban J connectivity index is 1.67. The highest BCUT2D eigenvalue weighted by Crippen LogP contribution is 2.26. The summed E-state index contributed by atoms with van der Waals surface area (Å²) in [7, 11) is 0. The third-order valence-corrected chi connectivity index (χ3v) is 8.52. The molecule has 0 N–H and O–H groups in total. The lowest BCUT2D eigenvalue weighted by molar-refractivity contribution is -0.143. The second-order valence-electron chi connectivity index (χ2n) is 12.1. The molecule has 1 aliphatic rings. The fourth-order valence-electron chi connectivity index (χ4n) is 5.89. The standard InChI is InChI=1S/C34H52ClN3O2/c1-4-5-6-7-8-9-13-22-33(39)37(24-28(2)3)27-34(40)38(30-18-11-10-12-19-30)26-31-20-16-23-36(31)25-29-17-14-15-21-32(29)35/h14-17,20-21,23,28,30H,4-13,18-19,22,24-27H2,1-3H3. The van der Waals surface area contributed by atoms with Gasteiger partial charge in [0.25, 0.3) is 0 Å². The number of carbonyl (C=O) groups is 2. The van der Waals surface area contributed by atoms with E-state index in [2.05, 4.69) is 48.6 Å². The second-order valence-corrected chi connectivity index (χ2v) is 12.5. The van der Waals surface area contributed by atoms with E-state index in [0.717, 1.165) is 54.8 Å². The van der Waals surface area contributed by atoms with Gasteiger partial charge in [-0.2, -0.15) is 0 Å². The summed E-state index contributed by atoms with van der Waals surface area (Å²) in [4.78, 5) is 31.2. The Morgan fingerprint density at radius 1 is 0.925 bits per heavy atom. The Kier molecular flexibility index (Phi) is 14.1. The van der Waals surface area contributed by atoms with Gasteiger partial charge in [0.1, 0.15) is 0 Å². The Labute approximate surface area is 248 Å². The van der Waals surface area contributed by atoms with Crippen LogP contribution in [0.4, 0.5) is 0 Å². The van der Waals surface area contributed by atoms with Gasteiger partial charge in [-0.05, 0) is 48.9 Å². The average Bonchev–Trinajstić information content (AvgIpc) is 3.38. The number of benzene rings is 1. The highest BCUT2D eigenvalue weighted by molar-refractivity contribution is 6.31. The first-order chi connectivity index (χ1) is 19.4. The molecule has 222 valence electrons. The molecule has 1 aliphatic carbocycles. The average molecular weight is 570 g/mol. The molecular weight excluding hydrogens is 518 g/mol. The Hall–Kier alpha value is -2.27. The molecule has 5 nitrogen and oxygen atoms in total. The molecule has 40 heavy (non-hydrogen) atoms. The highest BCUT2D eigenvalue weighted by Gasteiger charge is 2.29. The minimum atomic E-state index is 0.0750. The van der Waals surface area contributed by atoms with Crippen LogP contribution < -0.4 is 0 Å². The molecule has 1 aromatic carbocycles. The predicted molar refractivity (Wildman–Crippen MR) is 166 cm³/mol. The number of rotatable bonds is 17. The first-order valence-electron chi connectivity index (χ1n) is 15.8. The van der Waals surface area contributed by atoms with Crippen molar-refractivity contribution in [2.24, 2.45) is 5.92 Å². The van der Waals surface area contributed by atoms with E-state index in [0.29, 0.717) is 32.0 Å². The minimum Gasteiger partial charge on any atom is -0.345 e. The number of aromatic nitrogens is 1. The largest absolute Gasteiger partial charge is 0.345 e. The van der Waals surface area contributed by atoms with Crippen molar-refractivity contribution >= 4 is 23.4 Å². The third-order valence-electron chi connectivity index (χ3n) is 8.15. The molecule has 0 spiro atoms. The molecule has 1 saturated carbocycles. The van der Waals surface area contributed by atoms with Gasteiger partial charge in [0.05, 0.1) is 13.1 Å². The van der Waals surface area contributed by atoms with Crippen LogP contribution in [-0.2, 0) is 22.7 Å². The van der Waals surface area contributed by atoms with Crippen molar-refractivity contribution in [1.82, 2.24) is 14.4 Å². The zero-order valence-corrected chi connectivity index (χ0v) is 26.0. The molecule has 0 radical (unpaired) electrons. The van der Waals surface area contributed by atoms with Crippen molar-refractivity contribution in [2.75, 3.05) is 13.1 Å². The van der Waals surface area contributed by atoms with E-state index in [1.54, 1.807) is 0 Å². The number of hydrogen-bond donors (Lipinski definition) is 0. The van der Waals surface area contributed by atoms with Crippen LogP contribution in [0.1, 0.15) is 115 Å². The molecule has 1 heterocycles. The maximum Gasteiger partial charge on any atom is 0.242 e. The molecule has 0 aliphatic heterocycles. The third kappa shape index (κ3) is 10.6. The summed E-state index contributed by atoms with van der Waals surface area (Å²) in [6, 6.07) is 12.3. The molecule has 1 aromatic heterocycles. The van der Waals surface area contributed by atoms with Crippen molar-refractivity contribution in [1.29, 1.82) is 0 Å². The van der Waals surface area contributed by atoms with Crippen molar-refractivity contribution in [2.45, 2.75) is 123 Å². The summed E-state index contributed by atoms with van der Waals surface area (Å²) in [5, 5.41) is 0.756. The fraction of sp³-hybridized carbons (Fsp3) is 0.647. The summed E-state index contributed by atoms with van der Waals surface area (Å²) in [6.45, 7) is 8.51. The predicted octanol–water partition coefficient (Wildman–Crippen LogP) is 8.48. The summed E-state index contributed by atoms with van der Waals surface area (Å²) in [5.41, 5.74) is 2.17. The van der Waals surface area contributed by atoms with Crippen LogP contribution in [0, 0.1) is 5.92 Å². The van der Waals surface area contributed by atoms with Crippen LogP contribution >= 0.6 is 11.6 Å². The molecule has 0 bridgehead atoms. The van der Waals surface area contributed by atoms with Gasteiger partial charge in [0.15, 0.2) is 0 Å². The smallest absolute Gasteiger partial charge is 0.242 e. The van der Waals surface area contributed by atoms with Gasteiger partial charge in [-0.3, -0.25) is 9.59 Å². The number of halogens is 1. The van der Waals surface area contributed by atoms with Crippen LogP contribution in [-0.4, -0.2) is 45.3 Å². The maximum atomic E-state index is 14.0. The molecule has 3 rings (SSSR count). The summed E-state index contributed by atoms with van der Waals surface area (Å²) in [5.74, 6) is 0.522. The molecule has 2 amide bonds. The summed E-state index contributed by atoms with van der Waals surface area (Å²) in [6.07, 6.45) is 16.5. The van der Waals surface area contributed by atoms with Crippen molar-refractivity contribution < 1.29 is 9.59 Å². The Bertz CT molecular complexity index is 1030. The van der Waals surface area contributed by atoms with Gasteiger partial charge < -0.3 is 14.4 Å². The van der Waals surface area contributed by atoms with E-state index >= 15 is 0 Å². The minimum absolute atomic E-state index is 0.0750. The molecule has 2 aromatic rings. The highest BCUT2D eigenvalue weighted by atomic mass is 35.5. The number of amides is 2. The normalized spacial score (nSPS) is 14.0. The SMILES string of the molecule is CCCCCCCCCC(=O)N(CC(=O)N(Cc1cccn1Cc1ccccc1Cl)C1CCCCC1)CC(C)C. The van der Waals surface area contributed by atoms with Crippen molar-refractivity contribution in [3.63, 3.8) is 0 Å². The van der Waals surface area contributed by atoms with Crippen LogP contribution in [0.25, 0.3) is 0 Å². The van der Waals surface area contributed by atoms with Gasteiger partial charge in [0, 0.05) is 42.5 Å². The lowest BCUT2D eigenvalue weighted by atomic mass is 9.94. The van der Waals surface area contributed by atoms with Gasteiger partial charge in [0.2, 0.25) is 11.8 Å². The maximum absolute atomic E-state index is 14.0. The number of unbranched alkanes of at least 4 members (excludes halogenated alkanes) is 6. The molecule has 0 unspecified atom stereocenters. The second kappa shape index (κ2) is 17.5. The van der Waals surface area contributed by atoms with Gasteiger partial charge in [-0.1, -0.05) is 108 Å². The molecule has 0 saturated heterocycles. The number of nitrogens with zero attached hydrogens (tertiary/aromatic N) is 3. The first-order valence-corrected chi connectivity index (χ1v) is 16.2. The molecule has 1 fully saturated rings. The van der Waals surface area contributed by atoms with Crippen LogP contribution in [0.3, 0.4) is 0 Å². The van der Waals surface area contributed by atoms with E-state index in [1.165, 1.54) is 38.5 Å². The van der Waals surface area contributed by atoms with Crippen LogP contribution in [0.5, 0.6) is 0 Å².